The van der Waals surface area contributed by atoms with Crippen LogP contribution in [0.5, 0.6) is 28.7 Å². The maximum absolute atomic E-state index is 13.0. The zero-order valence-corrected chi connectivity index (χ0v) is 14.8. The molecule has 26 heavy (non-hydrogen) atoms. The second-order valence-corrected chi connectivity index (χ2v) is 5.41. The van der Waals surface area contributed by atoms with Crippen molar-refractivity contribution in [1.82, 2.24) is 0 Å². The second kappa shape index (κ2) is 6.87. The number of fused-ring (bicyclic) bond motifs is 1. The Morgan fingerprint density at radius 2 is 1.46 bits per heavy atom. The molecule has 1 N–H and O–H groups in total. The Balaban J connectivity index is 2.27. The van der Waals surface area contributed by atoms with E-state index in [1.54, 1.807) is 12.1 Å². The highest BCUT2D eigenvalue weighted by Gasteiger charge is 2.18. The van der Waals surface area contributed by atoms with Gasteiger partial charge in [-0.1, -0.05) is 0 Å². The van der Waals surface area contributed by atoms with E-state index in [4.69, 9.17) is 23.4 Å². The Bertz CT molecular complexity index is 995. The third-order valence-electron chi connectivity index (χ3n) is 4.05. The van der Waals surface area contributed by atoms with E-state index in [2.05, 4.69) is 0 Å². The molecule has 0 fully saturated rings. The summed E-state index contributed by atoms with van der Waals surface area (Å²) in [6, 6.07) is 6.11. The lowest BCUT2D eigenvalue weighted by Gasteiger charge is -2.14. The van der Waals surface area contributed by atoms with Crippen LogP contribution in [0.4, 0.5) is 0 Å². The fraction of sp³-hybridized carbons (Fsp3) is 0.211. The predicted octanol–water partition coefficient (Wildman–Crippen LogP) is 3.20. The summed E-state index contributed by atoms with van der Waals surface area (Å²) >= 11 is 0. The maximum atomic E-state index is 13.0. The van der Waals surface area contributed by atoms with Crippen molar-refractivity contribution in [2.75, 3.05) is 28.4 Å². The van der Waals surface area contributed by atoms with Crippen LogP contribution < -0.4 is 24.4 Å². The van der Waals surface area contributed by atoms with Gasteiger partial charge >= 0.3 is 0 Å². The Labute approximate surface area is 149 Å². The Kier molecular flexibility index (Phi) is 4.62. The standard InChI is InChI=1S/C19H18O7/c1-22-15-7-11-14(8-13(15)20)26-9-12(18(11)21)10-5-16(23-2)19(25-4)17(6-10)24-3/h5-9,20H,1-4H3. The summed E-state index contributed by atoms with van der Waals surface area (Å²) in [5.74, 6) is 1.35. The lowest BCUT2D eigenvalue weighted by molar-refractivity contribution is 0.324. The smallest absolute Gasteiger partial charge is 0.203 e. The number of aromatic hydroxyl groups is 1. The van der Waals surface area contributed by atoms with Crippen LogP contribution >= 0.6 is 0 Å². The molecule has 0 aliphatic heterocycles. The molecule has 1 aromatic heterocycles. The van der Waals surface area contributed by atoms with Gasteiger partial charge in [0.2, 0.25) is 11.2 Å². The summed E-state index contributed by atoms with van der Waals surface area (Å²) in [7, 11) is 5.91. The zero-order chi connectivity index (χ0) is 18.8. The monoisotopic (exact) mass is 358 g/mol. The highest BCUT2D eigenvalue weighted by Crippen LogP contribution is 2.41. The topological polar surface area (TPSA) is 87.4 Å². The average Bonchev–Trinajstić information content (AvgIpc) is 2.66. The fourth-order valence-corrected chi connectivity index (χ4v) is 2.74. The molecule has 0 aliphatic carbocycles. The molecular weight excluding hydrogens is 340 g/mol. The van der Waals surface area contributed by atoms with Gasteiger partial charge in [0, 0.05) is 6.07 Å². The molecule has 0 unspecified atom stereocenters. The normalized spacial score (nSPS) is 10.6. The van der Waals surface area contributed by atoms with Crippen molar-refractivity contribution in [3.05, 3.63) is 40.8 Å². The van der Waals surface area contributed by atoms with Crippen LogP contribution in [0.2, 0.25) is 0 Å². The van der Waals surface area contributed by atoms with Crippen molar-refractivity contribution in [1.29, 1.82) is 0 Å². The minimum atomic E-state index is -0.279. The SMILES string of the molecule is COc1cc2c(=O)c(-c3cc(OC)c(OC)c(OC)c3)coc2cc1O. The van der Waals surface area contributed by atoms with E-state index in [0.717, 1.165) is 0 Å². The summed E-state index contributed by atoms with van der Waals surface area (Å²) in [5.41, 5.74) is 0.829. The first-order valence-corrected chi connectivity index (χ1v) is 7.67. The number of hydrogen-bond donors (Lipinski definition) is 1. The van der Waals surface area contributed by atoms with Gasteiger partial charge in [-0.25, -0.2) is 0 Å². The van der Waals surface area contributed by atoms with Crippen LogP contribution in [0.1, 0.15) is 0 Å². The van der Waals surface area contributed by atoms with E-state index >= 15 is 0 Å². The molecule has 7 nitrogen and oxygen atoms in total. The van der Waals surface area contributed by atoms with Gasteiger partial charge in [0.15, 0.2) is 23.0 Å². The summed E-state index contributed by atoms with van der Waals surface area (Å²) < 4.78 is 26.6. The molecule has 2 aromatic carbocycles. The van der Waals surface area contributed by atoms with Crippen molar-refractivity contribution < 1.29 is 28.5 Å². The van der Waals surface area contributed by atoms with Crippen LogP contribution in [0.25, 0.3) is 22.1 Å². The Morgan fingerprint density at radius 1 is 0.846 bits per heavy atom. The van der Waals surface area contributed by atoms with Crippen LogP contribution in [-0.4, -0.2) is 33.5 Å². The number of hydrogen-bond acceptors (Lipinski definition) is 7. The van der Waals surface area contributed by atoms with Gasteiger partial charge < -0.3 is 28.5 Å². The van der Waals surface area contributed by atoms with Gasteiger partial charge in [0.1, 0.15) is 11.8 Å². The number of rotatable bonds is 5. The third-order valence-corrected chi connectivity index (χ3v) is 4.05. The number of phenols is 1. The van der Waals surface area contributed by atoms with Crippen molar-refractivity contribution in [2.45, 2.75) is 0 Å². The molecule has 0 atom stereocenters. The molecule has 0 amide bonds. The first-order valence-electron chi connectivity index (χ1n) is 7.67. The van der Waals surface area contributed by atoms with Crippen molar-refractivity contribution >= 4 is 11.0 Å². The molecule has 0 aliphatic rings. The van der Waals surface area contributed by atoms with Crippen LogP contribution in [0.15, 0.2) is 39.7 Å². The second-order valence-electron chi connectivity index (χ2n) is 5.41. The summed E-state index contributed by atoms with van der Waals surface area (Å²) in [6.45, 7) is 0. The first kappa shape index (κ1) is 17.5. The number of methoxy groups -OCH3 is 4. The van der Waals surface area contributed by atoms with E-state index in [1.807, 2.05) is 0 Å². The van der Waals surface area contributed by atoms with Crippen LogP contribution in [0, 0.1) is 0 Å². The van der Waals surface area contributed by atoms with E-state index in [1.165, 1.54) is 46.8 Å². The molecule has 7 heteroatoms. The molecule has 136 valence electrons. The largest absolute Gasteiger partial charge is 0.504 e. The van der Waals surface area contributed by atoms with Gasteiger partial charge in [0.05, 0.1) is 39.4 Å². The molecular formula is C19H18O7. The van der Waals surface area contributed by atoms with Gasteiger partial charge in [-0.15, -0.1) is 0 Å². The Morgan fingerprint density at radius 3 is 2.00 bits per heavy atom. The molecule has 3 aromatic rings. The first-order chi connectivity index (χ1) is 12.5. The quantitative estimate of drug-likeness (QED) is 0.749. The van der Waals surface area contributed by atoms with Crippen molar-refractivity contribution in [3.63, 3.8) is 0 Å². The predicted molar refractivity (Wildman–Crippen MR) is 95.8 cm³/mol. The number of ether oxygens (including phenoxy) is 4. The van der Waals surface area contributed by atoms with Gasteiger partial charge in [0.25, 0.3) is 0 Å². The summed E-state index contributed by atoms with van der Waals surface area (Å²) in [5, 5.41) is 10.1. The van der Waals surface area contributed by atoms with Gasteiger partial charge in [-0.2, -0.15) is 0 Å². The van der Waals surface area contributed by atoms with Gasteiger partial charge in [-0.3, -0.25) is 4.79 Å². The minimum absolute atomic E-state index is 0.108. The van der Waals surface area contributed by atoms with E-state index in [9.17, 15) is 9.90 Å². The zero-order valence-electron chi connectivity index (χ0n) is 14.8. The van der Waals surface area contributed by atoms with Gasteiger partial charge in [-0.05, 0) is 23.8 Å². The van der Waals surface area contributed by atoms with Crippen molar-refractivity contribution in [2.24, 2.45) is 0 Å². The molecule has 0 spiro atoms. The Hall–Kier alpha value is -3.35. The van der Waals surface area contributed by atoms with Crippen LogP contribution in [0.3, 0.4) is 0 Å². The molecule has 1 heterocycles. The highest BCUT2D eigenvalue weighted by atomic mass is 16.5. The molecule has 0 saturated heterocycles. The van der Waals surface area contributed by atoms with Crippen LogP contribution in [-0.2, 0) is 0 Å². The van der Waals surface area contributed by atoms with E-state index in [0.29, 0.717) is 28.4 Å². The number of phenolic OH excluding ortho intramolecular Hbond substituents is 1. The lowest BCUT2D eigenvalue weighted by atomic mass is 10.0. The van der Waals surface area contributed by atoms with E-state index < -0.39 is 0 Å². The highest BCUT2D eigenvalue weighted by molar-refractivity contribution is 5.85. The number of benzene rings is 2. The van der Waals surface area contributed by atoms with E-state index in [-0.39, 0.29) is 27.9 Å². The minimum Gasteiger partial charge on any atom is -0.504 e. The molecule has 0 saturated carbocycles. The summed E-state index contributed by atoms with van der Waals surface area (Å²) in [6.07, 6.45) is 1.33. The van der Waals surface area contributed by atoms with Crippen molar-refractivity contribution in [3.8, 4) is 39.9 Å². The fourth-order valence-electron chi connectivity index (χ4n) is 2.74. The lowest BCUT2D eigenvalue weighted by Crippen LogP contribution is -2.06. The third kappa shape index (κ3) is 2.77. The molecule has 3 rings (SSSR count). The molecule has 0 bridgehead atoms. The maximum Gasteiger partial charge on any atom is 0.203 e. The molecule has 0 radical (unpaired) electrons. The average molecular weight is 358 g/mol. The summed E-state index contributed by atoms with van der Waals surface area (Å²) in [4.78, 5) is 13.0.